The predicted molar refractivity (Wildman–Crippen MR) is 140 cm³/mol. The topological polar surface area (TPSA) is 87.5 Å². The van der Waals surface area contributed by atoms with E-state index in [1.807, 2.05) is 54.6 Å². The Kier molecular flexibility index (Phi) is 8.10. The van der Waals surface area contributed by atoms with Gasteiger partial charge in [0.25, 0.3) is 5.56 Å². The first-order chi connectivity index (χ1) is 17.5. The molecule has 0 saturated carbocycles. The molecule has 0 spiro atoms. The SMILES string of the molecule is CCOC(=O)CCCCCOc1cc2c(nc(Cc3ccccc3)c(=O)n2C(C)=O)c2ccccc12. The molecule has 0 aliphatic rings. The lowest BCUT2D eigenvalue weighted by atomic mass is 10.1. The fraction of sp³-hybridized carbons (Fsp3) is 0.310. The molecule has 0 radical (unpaired) electrons. The van der Waals surface area contributed by atoms with Gasteiger partial charge in [-0.05, 0) is 31.7 Å². The van der Waals surface area contributed by atoms with Crippen LogP contribution in [0.5, 0.6) is 5.75 Å². The zero-order chi connectivity index (χ0) is 25.5. The molecule has 4 rings (SSSR count). The first-order valence-electron chi connectivity index (χ1n) is 12.3. The van der Waals surface area contributed by atoms with Crippen LogP contribution in [0.3, 0.4) is 0 Å². The molecule has 0 fully saturated rings. The molecule has 0 amide bonds. The minimum atomic E-state index is -0.418. The third-order valence-corrected chi connectivity index (χ3v) is 6.01. The molecule has 0 N–H and O–H groups in total. The highest BCUT2D eigenvalue weighted by atomic mass is 16.5. The summed E-state index contributed by atoms with van der Waals surface area (Å²) in [5.74, 6) is 0.0395. The number of carbonyl (C=O) groups is 2. The number of ether oxygens (including phenoxy) is 2. The fourth-order valence-corrected chi connectivity index (χ4v) is 4.32. The molecular weight excluding hydrogens is 456 g/mol. The van der Waals surface area contributed by atoms with Crippen molar-refractivity contribution in [1.29, 1.82) is 0 Å². The third kappa shape index (κ3) is 5.62. The lowest BCUT2D eigenvalue weighted by molar-refractivity contribution is -0.143. The number of hydrogen-bond acceptors (Lipinski definition) is 6. The van der Waals surface area contributed by atoms with Gasteiger partial charge < -0.3 is 9.47 Å². The number of nitrogens with zero attached hydrogens (tertiary/aromatic N) is 2. The Labute approximate surface area is 209 Å². The van der Waals surface area contributed by atoms with E-state index in [2.05, 4.69) is 0 Å². The van der Waals surface area contributed by atoms with Crippen LogP contribution in [-0.2, 0) is 16.0 Å². The van der Waals surface area contributed by atoms with E-state index < -0.39 is 5.56 Å². The van der Waals surface area contributed by atoms with Gasteiger partial charge >= 0.3 is 5.97 Å². The molecule has 0 aliphatic carbocycles. The number of carbonyl (C=O) groups excluding carboxylic acids is 2. The van der Waals surface area contributed by atoms with Crippen LogP contribution in [0.25, 0.3) is 21.8 Å². The lowest BCUT2D eigenvalue weighted by Crippen LogP contribution is -2.29. The Balaban J connectivity index is 1.66. The van der Waals surface area contributed by atoms with Crippen LogP contribution in [0, 0.1) is 0 Å². The van der Waals surface area contributed by atoms with Crippen molar-refractivity contribution in [2.45, 2.75) is 46.0 Å². The number of benzene rings is 3. The average molecular weight is 487 g/mol. The summed E-state index contributed by atoms with van der Waals surface area (Å²) in [7, 11) is 0. The largest absolute Gasteiger partial charge is 0.493 e. The molecule has 0 aliphatic heterocycles. The van der Waals surface area contributed by atoms with E-state index in [-0.39, 0.29) is 11.9 Å². The molecule has 0 saturated heterocycles. The standard InChI is InChI=1S/C29H30N2O5/c1-3-35-27(33)16-8-5-11-17-36-26-19-25-28(23-15-10-9-14-22(23)26)30-24(29(34)31(25)20(2)32)18-21-12-6-4-7-13-21/h4,6-7,9-10,12-15,19H,3,5,8,11,16-18H2,1-2H3. The summed E-state index contributed by atoms with van der Waals surface area (Å²) < 4.78 is 12.3. The van der Waals surface area contributed by atoms with Gasteiger partial charge in [0, 0.05) is 36.6 Å². The van der Waals surface area contributed by atoms with E-state index >= 15 is 0 Å². The highest BCUT2D eigenvalue weighted by Gasteiger charge is 2.18. The summed E-state index contributed by atoms with van der Waals surface area (Å²) in [4.78, 5) is 42.2. The van der Waals surface area contributed by atoms with Gasteiger partial charge in [0.1, 0.15) is 11.4 Å². The Morgan fingerprint density at radius 3 is 2.39 bits per heavy atom. The van der Waals surface area contributed by atoms with E-state index in [1.54, 1.807) is 13.0 Å². The third-order valence-electron chi connectivity index (χ3n) is 6.01. The number of fused-ring (bicyclic) bond motifs is 3. The van der Waals surface area contributed by atoms with Crippen molar-refractivity contribution in [3.63, 3.8) is 0 Å². The van der Waals surface area contributed by atoms with E-state index in [9.17, 15) is 14.4 Å². The van der Waals surface area contributed by atoms with E-state index in [0.29, 0.717) is 48.5 Å². The summed E-state index contributed by atoms with van der Waals surface area (Å²) in [5, 5.41) is 1.68. The van der Waals surface area contributed by atoms with Crippen molar-refractivity contribution in [2.24, 2.45) is 0 Å². The summed E-state index contributed by atoms with van der Waals surface area (Å²) in [6, 6.07) is 19.1. The van der Waals surface area contributed by atoms with Crippen molar-refractivity contribution in [3.05, 3.63) is 82.3 Å². The molecule has 0 bridgehead atoms. The van der Waals surface area contributed by atoms with Crippen LogP contribution < -0.4 is 10.3 Å². The quantitative estimate of drug-likeness (QED) is 0.172. The summed E-state index contributed by atoms with van der Waals surface area (Å²) in [6.07, 6.45) is 3.06. The maximum Gasteiger partial charge on any atom is 0.305 e. The average Bonchev–Trinajstić information content (AvgIpc) is 2.87. The molecular formula is C29H30N2O5. The van der Waals surface area contributed by atoms with Crippen LogP contribution in [0.1, 0.15) is 55.6 Å². The minimum Gasteiger partial charge on any atom is -0.493 e. The fourth-order valence-electron chi connectivity index (χ4n) is 4.32. The van der Waals surface area contributed by atoms with E-state index in [4.69, 9.17) is 14.5 Å². The van der Waals surface area contributed by atoms with Crippen molar-refractivity contribution in [3.8, 4) is 5.75 Å². The first-order valence-corrected chi connectivity index (χ1v) is 12.3. The second kappa shape index (κ2) is 11.6. The first kappa shape index (κ1) is 25.1. The molecule has 7 nitrogen and oxygen atoms in total. The Morgan fingerprint density at radius 2 is 1.67 bits per heavy atom. The van der Waals surface area contributed by atoms with Crippen LogP contribution in [0.2, 0.25) is 0 Å². The highest BCUT2D eigenvalue weighted by Crippen LogP contribution is 2.32. The number of hydrogen-bond donors (Lipinski definition) is 0. The van der Waals surface area contributed by atoms with Crippen molar-refractivity contribution in [2.75, 3.05) is 13.2 Å². The summed E-state index contributed by atoms with van der Waals surface area (Å²) in [6.45, 7) is 4.02. The molecule has 36 heavy (non-hydrogen) atoms. The molecule has 7 heteroatoms. The zero-order valence-electron chi connectivity index (χ0n) is 20.7. The molecule has 1 heterocycles. The van der Waals surface area contributed by atoms with Crippen molar-refractivity contribution >= 4 is 33.7 Å². The van der Waals surface area contributed by atoms with Crippen LogP contribution in [0.15, 0.2) is 65.5 Å². The second-order valence-electron chi connectivity index (χ2n) is 8.63. The maximum atomic E-state index is 13.3. The van der Waals surface area contributed by atoms with Gasteiger partial charge in [-0.15, -0.1) is 0 Å². The smallest absolute Gasteiger partial charge is 0.305 e. The van der Waals surface area contributed by atoms with Crippen LogP contribution in [0.4, 0.5) is 0 Å². The molecule has 186 valence electrons. The molecule has 0 atom stereocenters. The summed E-state index contributed by atoms with van der Waals surface area (Å²) in [5.41, 5.74) is 1.88. The molecule has 4 aromatic rings. The van der Waals surface area contributed by atoms with E-state index in [0.717, 1.165) is 35.6 Å². The number of unbranched alkanes of at least 4 members (excludes halogenated alkanes) is 2. The van der Waals surface area contributed by atoms with Gasteiger partial charge in [-0.25, -0.2) is 9.55 Å². The Morgan fingerprint density at radius 1 is 0.944 bits per heavy atom. The number of rotatable bonds is 10. The Bertz CT molecular complexity index is 1440. The normalized spacial score (nSPS) is 11.1. The van der Waals surface area contributed by atoms with E-state index in [1.165, 1.54) is 11.5 Å². The minimum absolute atomic E-state index is 0.180. The zero-order valence-corrected chi connectivity index (χ0v) is 20.7. The molecule has 1 aromatic heterocycles. The van der Waals surface area contributed by atoms with Gasteiger partial charge in [0.15, 0.2) is 0 Å². The van der Waals surface area contributed by atoms with Gasteiger partial charge in [-0.2, -0.15) is 0 Å². The highest BCUT2D eigenvalue weighted by molar-refractivity contribution is 6.08. The van der Waals surface area contributed by atoms with Crippen molar-refractivity contribution < 1.29 is 19.1 Å². The summed E-state index contributed by atoms with van der Waals surface area (Å²) >= 11 is 0. The maximum absolute atomic E-state index is 13.3. The van der Waals surface area contributed by atoms with Crippen LogP contribution in [-0.4, -0.2) is 34.6 Å². The lowest BCUT2D eigenvalue weighted by Gasteiger charge is -2.15. The predicted octanol–water partition coefficient (Wildman–Crippen LogP) is 5.30. The molecule has 3 aromatic carbocycles. The van der Waals surface area contributed by atoms with Crippen LogP contribution >= 0.6 is 0 Å². The van der Waals surface area contributed by atoms with Gasteiger partial charge in [-0.1, -0.05) is 54.6 Å². The number of aromatic nitrogens is 2. The second-order valence-corrected chi connectivity index (χ2v) is 8.63. The van der Waals surface area contributed by atoms with Gasteiger partial charge in [-0.3, -0.25) is 14.4 Å². The Hall–Kier alpha value is -4.00. The molecule has 0 unspecified atom stereocenters. The monoisotopic (exact) mass is 486 g/mol. The van der Waals surface area contributed by atoms with Gasteiger partial charge in [0.05, 0.1) is 24.2 Å². The van der Waals surface area contributed by atoms with Crippen molar-refractivity contribution in [1.82, 2.24) is 9.55 Å². The van der Waals surface area contributed by atoms with Gasteiger partial charge in [0.2, 0.25) is 5.91 Å². The number of esters is 1.